The molecule has 0 saturated carbocycles. The first-order valence-corrected chi connectivity index (χ1v) is 8.04. The number of imidazole rings is 1. The van der Waals surface area contributed by atoms with Crippen LogP contribution in [0.15, 0.2) is 49.1 Å². The summed E-state index contributed by atoms with van der Waals surface area (Å²) >= 11 is 0. The van der Waals surface area contributed by atoms with Crippen LogP contribution in [-0.2, 0) is 0 Å². The van der Waals surface area contributed by atoms with Gasteiger partial charge in [-0.1, -0.05) is 12.1 Å². The molecule has 0 spiro atoms. The number of nitrogens with zero attached hydrogens (tertiary/aromatic N) is 4. The summed E-state index contributed by atoms with van der Waals surface area (Å²) in [6.07, 6.45) is 8.01. The number of hydrogen-bond acceptors (Lipinski definition) is 5. The van der Waals surface area contributed by atoms with Gasteiger partial charge in [-0.3, -0.25) is 0 Å². The first-order valence-electron chi connectivity index (χ1n) is 8.04. The van der Waals surface area contributed by atoms with Gasteiger partial charge >= 0.3 is 6.61 Å². The summed E-state index contributed by atoms with van der Waals surface area (Å²) in [5, 5.41) is 3.40. The van der Waals surface area contributed by atoms with Gasteiger partial charge in [0.15, 0.2) is 11.5 Å². The number of nitrogens with one attached hydrogen (secondary N) is 1. The minimum atomic E-state index is -2.83. The fraction of sp³-hybridized carbons (Fsp3) is 0.294. The van der Waals surface area contributed by atoms with Crippen LogP contribution in [0.5, 0.6) is 5.75 Å². The first kappa shape index (κ1) is 15.6. The van der Waals surface area contributed by atoms with Crippen LogP contribution < -0.4 is 15.0 Å². The molecule has 1 atom stereocenters. The second-order valence-electron chi connectivity index (χ2n) is 5.86. The Morgan fingerprint density at radius 3 is 2.80 bits per heavy atom. The Morgan fingerprint density at radius 1 is 1.16 bits per heavy atom. The molecule has 0 aliphatic carbocycles. The van der Waals surface area contributed by atoms with E-state index < -0.39 is 6.61 Å². The Morgan fingerprint density at radius 2 is 1.96 bits per heavy atom. The lowest BCUT2D eigenvalue weighted by atomic mass is 10.2. The van der Waals surface area contributed by atoms with Gasteiger partial charge in [0.05, 0.1) is 5.69 Å². The van der Waals surface area contributed by atoms with Gasteiger partial charge in [0.1, 0.15) is 5.75 Å². The van der Waals surface area contributed by atoms with Gasteiger partial charge < -0.3 is 19.4 Å². The van der Waals surface area contributed by atoms with Crippen LogP contribution in [0.3, 0.4) is 0 Å². The molecule has 1 aromatic carbocycles. The number of ether oxygens (including phenoxy) is 1. The van der Waals surface area contributed by atoms with Crippen molar-refractivity contribution >= 4 is 17.2 Å². The van der Waals surface area contributed by atoms with Gasteiger partial charge in [-0.2, -0.15) is 8.78 Å². The molecule has 1 N–H and O–H groups in total. The SMILES string of the molecule is FC(F)Oc1ccccc1N1CCC(Nc2nccn3ccnc23)C1. The smallest absolute Gasteiger partial charge is 0.387 e. The van der Waals surface area contributed by atoms with Gasteiger partial charge in [-0.25, -0.2) is 9.97 Å². The van der Waals surface area contributed by atoms with E-state index in [1.54, 1.807) is 30.6 Å². The maximum absolute atomic E-state index is 12.6. The van der Waals surface area contributed by atoms with Gasteiger partial charge in [-0.05, 0) is 18.6 Å². The molecule has 0 radical (unpaired) electrons. The number of anilines is 2. The van der Waals surface area contributed by atoms with Crippen molar-refractivity contribution in [3.63, 3.8) is 0 Å². The maximum Gasteiger partial charge on any atom is 0.387 e. The van der Waals surface area contributed by atoms with Crippen molar-refractivity contribution in [1.82, 2.24) is 14.4 Å². The van der Waals surface area contributed by atoms with E-state index in [1.807, 2.05) is 27.8 Å². The summed E-state index contributed by atoms with van der Waals surface area (Å²) < 4.78 is 31.7. The number of hydrogen-bond donors (Lipinski definition) is 1. The van der Waals surface area contributed by atoms with Gasteiger partial charge in [0.25, 0.3) is 0 Å². The van der Waals surface area contributed by atoms with Crippen LogP contribution in [0.4, 0.5) is 20.3 Å². The lowest BCUT2D eigenvalue weighted by molar-refractivity contribution is -0.0495. The summed E-state index contributed by atoms with van der Waals surface area (Å²) in [6.45, 7) is -1.41. The molecule has 1 unspecified atom stereocenters. The number of para-hydroxylation sites is 2. The summed E-state index contributed by atoms with van der Waals surface area (Å²) in [7, 11) is 0. The van der Waals surface area contributed by atoms with E-state index in [0.717, 1.165) is 24.4 Å². The average molecular weight is 345 g/mol. The molecule has 130 valence electrons. The number of alkyl halides is 2. The fourth-order valence-corrected chi connectivity index (χ4v) is 3.16. The summed E-state index contributed by atoms with van der Waals surface area (Å²) in [6, 6.07) is 7.02. The third-order valence-electron chi connectivity index (χ3n) is 4.26. The largest absolute Gasteiger partial charge is 0.433 e. The fourth-order valence-electron chi connectivity index (χ4n) is 3.16. The van der Waals surface area contributed by atoms with E-state index in [4.69, 9.17) is 0 Å². The molecule has 3 aromatic rings. The van der Waals surface area contributed by atoms with Crippen LogP contribution in [-0.4, -0.2) is 40.1 Å². The van der Waals surface area contributed by atoms with E-state index in [2.05, 4.69) is 20.0 Å². The van der Waals surface area contributed by atoms with E-state index >= 15 is 0 Å². The molecule has 2 aromatic heterocycles. The normalized spacial score (nSPS) is 17.4. The van der Waals surface area contributed by atoms with Crippen LogP contribution in [0.2, 0.25) is 0 Å². The highest BCUT2D eigenvalue weighted by atomic mass is 19.3. The number of halogens is 2. The van der Waals surface area contributed by atoms with Crippen LogP contribution in [0, 0.1) is 0 Å². The highest BCUT2D eigenvalue weighted by molar-refractivity contribution is 5.64. The predicted molar refractivity (Wildman–Crippen MR) is 90.3 cm³/mol. The third kappa shape index (κ3) is 3.19. The zero-order valence-corrected chi connectivity index (χ0v) is 13.3. The number of aromatic nitrogens is 3. The topological polar surface area (TPSA) is 54.7 Å². The minimum Gasteiger partial charge on any atom is -0.433 e. The first-order chi connectivity index (χ1) is 12.2. The Labute approximate surface area is 143 Å². The van der Waals surface area contributed by atoms with E-state index in [9.17, 15) is 8.78 Å². The quantitative estimate of drug-likeness (QED) is 0.770. The van der Waals surface area contributed by atoms with Crippen molar-refractivity contribution in [1.29, 1.82) is 0 Å². The molecule has 1 fully saturated rings. The molecule has 0 amide bonds. The highest BCUT2D eigenvalue weighted by Gasteiger charge is 2.26. The molecule has 4 rings (SSSR count). The Bertz CT molecular complexity index is 869. The van der Waals surface area contributed by atoms with Crippen molar-refractivity contribution in [2.24, 2.45) is 0 Å². The third-order valence-corrected chi connectivity index (χ3v) is 4.26. The van der Waals surface area contributed by atoms with E-state index in [-0.39, 0.29) is 11.8 Å². The molecule has 25 heavy (non-hydrogen) atoms. The van der Waals surface area contributed by atoms with E-state index in [0.29, 0.717) is 12.2 Å². The van der Waals surface area contributed by atoms with Crippen LogP contribution >= 0.6 is 0 Å². The second kappa shape index (κ2) is 6.54. The molecular formula is C17H17F2N5O. The lowest BCUT2D eigenvalue weighted by Crippen LogP contribution is -2.27. The van der Waals surface area contributed by atoms with Crippen molar-refractivity contribution in [2.45, 2.75) is 19.1 Å². The van der Waals surface area contributed by atoms with Crippen molar-refractivity contribution in [3.05, 3.63) is 49.1 Å². The molecule has 3 heterocycles. The zero-order chi connectivity index (χ0) is 17.2. The van der Waals surface area contributed by atoms with Gasteiger partial charge in [0.2, 0.25) is 0 Å². The summed E-state index contributed by atoms with van der Waals surface area (Å²) in [4.78, 5) is 10.7. The molecule has 6 nitrogen and oxygen atoms in total. The minimum absolute atomic E-state index is 0.148. The lowest BCUT2D eigenvalue weighted by Gasteiger charge is -2.22. The summed E-state index contributed by atoms with van der Waals surface area (Å²) in [5.74, 6) is 0.920. The second-order valence-corrected chi connectivity index (χ2v) is 5.86. The van der Waals surface area contributed by atoms with Gasteiger partial charge in [-0.15, -0.1) is 0 Å². The highest BCUT2D eigenvalue weighted by Crippen LogP contribution is 2.32. The number of rotatable bonds is 5. The van der Waals surface area contributed by atoms with Crippen LogP contribution in [0.1, 0.15) is 6.42 Å². The number of fused-ring (bicyclic) bond motifs is 1. The Hall–Kier alpha value is -2.90. The van der Waals surface area contributed by atoms with Gasteiger partial charge in [0, 0.05) is 43.9 Å². The molecule has 0 bridgehead atoms. The van der Waals surface area contributed by atoms with Crippen molar-refractivity contribution < 1.29 is 13.5 Å². The summed E-state index contributed by atoms with van der Waals surface area (Å²) in [5.41, 5.74) is 1.45. The molecule has 8 heteroatoms. The molecule has 1 aliphatic rings. The molecular weight excluding hydrogens is 328 g/mol. The monoisotopic (exact) mass is 345 g/mol. The standard InChI is InChI=1S/C17H17F2N5O/c18-17(19)25-14-4-2-1-3-13(14)24-8-5-12(11-24)22-15-16-21-7-10-23(16)9-6-20-15/h1-4,6-7,9-10,12,17H,5,8,11H2,(H,20,22). The van der Waals surface area contributed by atoms with Crippen LogP contribution in [0.25, 0.3) is 5.65 Å². The molecule has 1 aliphatic heterocycles. The van der Waals surface area contributed by atoms with Crippen molar-refractivity contribution in [3.8, 4) is 5.75 Å². The van der Waals surface area contributed by atoms with Crippen molar-refractivity contribution in [2.75, 3.05) is 23.3 Å². The Balaban J connectivity index is 1.50. The predicted octanol–water partition coefficient (Wildman–Crippen LogP) is 3.02. The average Bonchev–Trinajstić information content (AvgIpc) is 3.24. The number of benzene rings is 1. The van der Waals surface area contributed by atoms with E-state index in [1.165, 1.54) is 0 Å². The molecule has 1 saturated heterocycles. The Kier molecular flexibility index (Phi) is 4.09. The zero-order valence-electron chi connectivity index (χ0n) is 13.3. The maximum atomic E-state index is 12.6.